The molecule has 5 rings (SSSR count). The van der Waals surface area contributed by atoms with E-state index < -0.39 is 18.8 Å². The quantitative estimate of drug-likeness (QED) is 0.309. The van der Waals surface area contributed by atoms with E-state index in [1.54, 1.807) is 36.4 Å². The molecule has 1 unspecified atom stereocenters. The maximum atomic E-state index is 14.1. The molecule has 3 aromatic carbocycles. The molecule has 1 aliphatic rings. The Kier molecular flexibility index (Phi) is 7.04. The first-order valence-corrected chi connectivity index (χ1v) is 12.2. The molecule has 0 aliphatic carbocycles. The molecule has 1 atom stereocenters. The number of hydrogen-bond acceptors (Lipinski definition) is 9. The maximum Gasteiger partial charge on any atom is 0.341 e. The number of halogens is 1. The number of nitrogens with one attached hydrogen (secondary N) is 1. The largest absolute Gasteiger partial charge is 0.493 e. The lowest BCUT2D eigenvalue weighted by Gasteiger charge is -2.22. The van der Waals surface area contributed by atoms with Crippen LogP contribution in [0.3, 0.4) is 0 Å². The molecule has 0 radical (unpaired) electrons. The Hall–Kier alpha value is -4.38. The Bertz CT molecular complexity index is 1450. The lowest BCUT2D eigenvalue weighted by molar-refractivity contribution is -0.139. The van der Waals surface area contributed by atoms with E-state index in [1.165, 1.54) is 24.9 Å². The van der Waals surface area contributed by atoms with E-state index >= 15 is 0 Å². The fourth-order valence-corrected chi connectivity index (χ4v) is 4.56. The molecular formula is C26H21FN4O5S. The number of anilines is 1. The Morgan fingerprint density at radius 3 is 2.73 bits per heavy atom. The number of ether oxygens (including phenoxy) is 3. The fourth-order valence-electron chi connectivity index (χ4n) is 3.80. The van der Waals surface area contributed by atoms with E-state index in [2.05, 4.69) is 20.5 Å². The number of thioether (sulfide) groups is 1. The van der Waals surface area contributed by atoms with Gasteiger partial charge in [0.1, 0.15) is 5.82 Å². The zero-order valence-electron chi connectivity index (χ0n) is 19.6. The minimum atomic E-state index is -1.13. The standard InChI is InChI=1S/C26H21FN4O5S/c1-34-20-12-6-9-17(23(20)35-13-21(32)33)24-28-19-11-5-3-8-16(19)22-25(36-24)29-26(31-30-22)37-14-15-7-2-4-10-18(15)27/h2-12,24,28H,13-14H2,1H3,(H,32,33). The van der Waals surface area contributed by atoms with E-state index in [0.717, 1.165) is 5.56 Å². The highest BCUT2D eigenvalue weighted by Gasteiger charge is 2.29. The Morgan fingerprint density at radius 2 is 1.92 bits per heavy atom. The maximum absolute atomic E-state index is 14.1. The van der Waals surface area contributed by atoms with Gasteiger partial charge in [-0.1, -0.05) is 54.2 Å². The summed E-state index contributed by atoms with van der Waals surface area (Å²) in [6.45, 7) is -0.562. The third-order valence-corrected chi connectivity index (χ3v) is 6.39. The van der Waals surface area contributed by atoms with Gasteiger partial charge in [0.15, 0.2) is 23.8 Å². The van der Waals surface area contributed by atoms with Gasteiger partial charge in [-0.2, -0.15) is 4.98 Å². The van der Waals surface area contributed by atoms with E-state index in [-0.39, 0.29) is 17.4 Å². The zero-order valence-corrected chi connectivity index (χ0v) is 20.4. The number of aliphatic carboxylic acids is 1. The van der Waals surface area contributed by atoms with Crippen molar-refractivity contribution in [3.8, 4) is 28.6 Å². The van der Waals surface area contributed by atoms with Crippen LogP contribution in [-0.4, -0.2) is 40.0 Å². The van der Waals surface area contributed by atoms with Crippen molar-refractivity contribution in [1.29, 1.82) is 0 Å². The van der Waals surface area contributed by atoms with Gasteiger partial charge in [0, 0.05) is 17.0 Å². The Labute approximate surface area is 215 Å². The molecule has 0 saturated heterocycles. The summed E-state index contributed by atoms with van der Waals surface area (Å²) in [7, 11) is 1.47. The van der Waals surface area contributed by atoms with Crippen molar-refractivity contribution in [2.75, 3.05) is 19.0 Å². The van der Waals surface area contributed by atoms with Crippen molar-refractivity contribution < 1.29 is 28.5 Å². The Morgan fingerprint density at radius 1 is 1.11 bits per heavy atom. The first-order chi connectivity index (χ1) is 18.0. The molecule has 1 aromatic heterocycles. The van der Waals surface area contributed by atoms with Crippen molar-refractivity contribution in [3.05, 3.63) is 83.7 Å². The van der Waals surface area contributed by atoms with Crippen LogP contribution in [0, 0.1) is 5.82 Å². The number of carboxylic acid groups (broad SMARTS) is 1. The number of methoxy groups -OCH3 is 1. The van der Waals surface area contributed by atoms with Gasteiger partial charge < -0.3 is 24.6 Å². The average molecular weight is 521 g/mol. The summed E-state index contributed by atoms with van der Waals surface area (Å²) in [6, 6.07) is 19.1. The molecule has 1 aliphatic heterocycles. The monoisotopic (exact) mass is 520 g/mol. The lowest BCUT2D eigenvalue weighted by Crippen LogP contribution is -2.20. The number of fused-ring (bicyclic) bond motifs is 3. The molecule has 0 fully saturated rings. The Balaban J connectivity index is 1.52. The molecule has 0 spiro atoms. The van der Waals surface area contributed by atoms with Crippen LogP contribution in [0.25, 0.3) is 11.3 Å². The smallest absolute Gasteiger partial charge is 0.341 e. The summed E-state index contributed by atoms with van der Waals surface area (Å²) in [6.07, 6.45) is -0.831. The van der Waals surface area contributed by atoms with Crippen molar-refractivity contribution >= 4 is 23.4 Å². The summed E-state index contributed by atoms with van der Waals surface area (Å²) in [5.41, 5.74) is 2.88. The summed E-state index contributed by atoms with van der Waals surface area (Å²) < 4.78 is 31.4. The third-order valence-electron chi connectivity index (χ3n) is 5.50. The highest BCUT2D eigenvalue weighted by atomic mass is 32.2. The average Bonchev–Trinajstić information content (AvgIpc) is 3.07. The minimum absolute atomic E-state index is 0.209. The SMILES string of the molecule is COc1cccc(C2Nc3ccccc3-c3nnc(SCc4ccccc4F)nc3O2)c1OCC(=O)O. The number of nitrogens with zero attached hydrogens (tertiary/aromatic N) is 3. The van der Waals surface area contributed by atoms with Crippen LogP contribution in [0.1, 0.15) is 17.4 Å². The zero-order chi connectivity index (χ0) is 25.8. The predicted octanol–water partition coefficient (Wildman–Crippen LogP) is 4.95. The molecule has 37 heavy (non-hydrogen) atoms. The van der Waals surface area contributed by atoms with Crippen LogP contribution in [0.5, 0.6) is 17.4 Å². The van der Waals surface area contributed by atoms with Crippen molar-refractivity contribution in [1.82, 2.24) is 15.2 Å². The van der Waals surface area contributed by atoms with Gasteiger partial charge in [0.05, 0.1) is 12.7 Å². The van der Waals surface area contributed by atoms with Crippen LogP contribution in [0.15, 0.2) is 71.9 Å². The second-order valence-electron chi connectivity index (χ2n) is 7.88. The number of rotatable bonds is 8. The van der Waals surface area contributed by atoms with Crippen molar-refractivity contribution in [2.45, 2.75) is 17.1 Å². The van der Waals surface area contributed by atoms with Gasteiger partial charge in [-0.25, -0.2) is 9.18 Å². The van der Waals surface area contributed by atoms with Crippen molar-refractivity contribution in [2.24, 2.45) is 0 Å². The lowest BCUT2D eigenvalue weighted by atomic mass is 10.1. The molecule has 9 nitrogen and oxygen atoms in total. The van der Waals surface area contributed by atoms with E-state index in [0.29, 0.717) is 39.2 Å². The van der Waals surface area contributed by atoms with Gasteiger partial charge in [0.25, 0.3) is 0 Å². The van der Waals surface area contributed by atoms with Crippen LogP contribution < -0.4 is 19.5 Å². The van der Waals surface area contributed by atoms with Gasteiger partial charge in [-0.05, 0) is 29.8 Å². The van der Waals surface area contributed by atoms with Crippen molar-refractivity contribution in [3.63, 3.8) is 0 Å². The number of aromatic nitrogens is 3. The number of carbonyl (C=O) groups is 1. The number of benzene rings is 3. The van der Waals surface area contributed by atoms with Crippen LogP contribution in [-0.2, 0) is 10.5 Å². The van der Waals surface area contributed by atoms with E-state index in [4.69, 9.17) is 19.3 Å². The van der Waals surface area contributed by atoms with Crippen LogP contribution >= 0.6 is 11.8 Å². The normalized spacial score (nSPS) is 13.8. The van der Waals surface area contributed by atoms with Crippen LogP contribution in [0.4, 0.5) is 10.1 Å². The summed E-state index contributed by atoms with van der Waals surface area (Å²) in [5, 5.41) is 21.4. The van der Waals surface area contributed by atoms with Gasteiger partial charge in [0.2, 0.25) is 17.3 Å². The first-order valence-electron chi connectivity index (χ1n) is 11.2. The molecular weight excluding hydrogens is 499 g/mol. The summed E-state index contributed by atoms with van der Waals surface area (Å²) in [4.78, 5) is 15.8. The van der Waals surface area contributed by atoms with E-state index in [1.807, 2.05) is 24.3 Å². The third kappa shape index (κ3) is 5.26. The molecule has 188 valence electrons. The highest BCUT2D eigenvalue weighted by Crippen LogP contribution is 2.43. The molecule has 0 saturated carbocycles. The topological polar surface area (TPSA) is 116 Å². The fraction of sp³-hybridized carbons (Fsp3) is 0.154. The summed E-state index contributed by atoms with van der Waals surface area (Å²) in [5.74, 6) is -0.338. The molecule has 4 aromatic rings. The minimum Gasteiger partial charge on any atom is -0.493 e. The predicted molar refractivity (Wildman–Crippen MR) is 134 cm³/mol. The molecule has 2 heterocycles. The van der Waals surface area contributed by atoms with Crippen LogP contribution in [0.2, 0.25) is 0 Å². The molecule has 0 amide bonds. The molecule has 11 heteroatoms. The number of carboxylic acids is 1. The molecule has 0 bridgehead atoms. The second kappa shape index (κ2) is 10.7. The number of para-hydroxylation sites is 2. The van der Waals surface area contributed by atoms with Gasteiger partial charge >= 0.3 is 5.97 Å². The molecule has 2 N–H and O–H groups in total. The number of hydrogen-bond donors (Lipinski definition) is 2. The van der Waals surface area contributed by atoms with E-state index in [9.17, 15) is 9.18 Å². The first kappa shape index (κ1) is 24.3. The summed E-state index contributed by atoms with van der Waals surface area (Å²) >= 11 is 1.23. The van der Waals surface area contributed by atoms with Gasteiger partial charge in [-0.15, -0.1) is 10.2 Å². The van der Waals surface area contributed by atoms with Gasteiger partial charge in [-0.3, -0.25) is 0 Å². The highest BCUT2D eigenvalue weighted by molar-refractivity contribution is 7.98. The second-order valence-corrected chi connectivity index (χ2v) is 8.82.